The van der Waals surface area contributed by atoms with Crippen molar-refractivity contribution in [2.75, 3.05) is 6.61 Å². The zero-order valence-electron chi connectivity index (χ0n) is 8.27. The molecule has 0 amide bonds. The standard InChI is InChI=1S/C8H19O4P.Na.H/c1-8(2)6-4-3-5-7-12-13(9,10)11;;/h8H,3-7H2,1-2H3,(H2,9,10,11);;. The first-order chi connectivity index (χ1) is 5.92. The summed E-state index contributed by atoms with van der Waals surface area (Å²) in [5, 5.41) is 0. The normalized spacial score (nSPS) is 11.5. The molecule has 4 nitrogen and oxygen atoms in total. The van der Waals surface area contributed by atoms with Gasteiger partial charge in [0.2, 0.25) is 0 Å². The fourth-order valence-electron chi connectivity index (χ4n) is 1.01. The van der Waals surface area contributed by atoms with E-state index in [9.17, 15) is 4.57 Å². The molecule has 0 aromatic carbocycles. The van der Waals surface area contributed by atoms with Crippen LogP contribution in [0.4, 0.5) is 0 Å². The van der Waals surface area contributed by atoms with Crippen LogP contribution in [-0.4, -0.2) is 46.0 Å². The van der Waals surface area contributed by atoms with Crippen molar-refractivity contribution < 1.29 is 18.9 Å². The van der Waals surface area contributed by atoms with Gasteiger partial charge in [0.05, 0.1) is 6.61 Å². The Balaban J connectivity index is 0. The van der Waals surface area contributed by atoms with E-state index in [4.69, 9.17) is 9.79 Å². The number of unbranched alkanes of at least 4 members (excludes halogenated alkanes) is 2. The summed E-state index contributed by atoms with van der Waals surface area (Å²) in [7, 11) is -4.23. The van der Waals surface area contributed by atoms with Crippen LogP contribution in [0.15, 0.2) is 0 Å². The Bertz CT molecular complexity index is 169. The van der Waals surface area contributed by atoms with Gasteiger partial charge in [0, 0.05) is 0 Å². The Morgan fingerprint density at radius 2 is 1.79 bits per heavy atom. The SMILES string of the molecule is CC(C)CCCCCOP(=O)(O)O.[NaH]. The van der Waals surface area contributed by atoms with Gasteiger partial charge in [0.25, 0.3) is 0 Å². The molecule has 82 valence electrons. The van der Waals surface area contributed by atoms with Crippen molar-refractivity contribution >= 4 is 37.4 Å². The molecule has 0 aliphatic rings. The molecule has 14 heavy (non-hydrogen) atoms. The van der Waals surface area contributed by atoms with Gasteiger partial charge < -0.3 is 9.79 Å². The minimum absolute atomic E-state index is 0. The van der Waals surface area contributed by atoms with E-state index in [0.29, 0.717) is 5.92 Å². The Morgan fingerprint density at radius 3 is 2.21 bits per heavy atom. The van der Waals surface area contributed by atoms with Gasteiger partial charge >= 0.3 is 37.4 Å². The summed E-state index contributed by atoms with van der Waals surface area (Å²) in [6, 6.07) is 0. The fraction of sp³-hybridized carbons (Fsp3) is 1.00. The molecule has 0 unspecified atom stereocenters. The summed E-state index contributed by atoms with van der Waals surface area (Å²) < 4.78 is 14.5. The summed E-state index contributed by atoms with van der Waals surface area (Å²) in [4.78, 5) is 16.7. The average Bonchev–Trinajstić information content (AvgIpc) is 1.93. The van der Waals surface area contributed by atoms with Crippen LogP contribution in [0.3, 0.4) is 0 Å². The number of hydrogen-bond acceptors (Lipinski definition) is 2. The van der Waals surface area contributed by atoms with Crippen LogP contribution in [0, 0.1) is 5.92 Å². The van der Waals surface area contributed by atoms with Gasteiger partial charge in [-0.1, -0.05) is 33.1 Å². The molecule has 0 heterocycles. The van der Waals surface area contributed by atoms with Crippen LogP contribution in [0.1, 0.15) is 39.5 Å². The molecule has 0 rings (SSSR count). The van der Waals surface area contributed by atoms with Crippen molar-refractivity contribution in [3.05, 3.63) is 0 Å². The van der Waals surface area contributed by atoms with Gasteiger partial charge in [-0.3, -0.25) is 4.52 Å². The van der Waals surface area contributed by atoms with Gasteiger partial charge in [0.1, 0.15) is 0 Å². The number of phosphoric ester groups is 1. The monoisotopic (exact) mass is 234 g/mol. The van der Waals surface area contributed by atoms with Crippen molar-refractivity contribution in [3.63, 3.8) is 0 Å². The van der Waals surface area contributed by atoms with E-state index in [1.807, 2.05) is 0 Å². The molecule has 0 bridgehead atoms. The fourth-order valence-corrected chi connectivity index (χ4v) is 1.38. The summed E-state index contributed by atoms with van der Waals surface area (Å²) in [5.41, 5.74) is 0. The van der Waals surface area contributed by atoms with E-state index >= 15 is 0 Å². The van der Waals surface area contributed by atoms with Gasteiger partial charge in [-0.05, 0) is 12.3 Å². The van der Waals surface area contributed by atoms with Crippen LogP contribution in [0.2, 0.25) is 0 Å². The predicted molar refractivity (Wildman–Crippen MR) is 58.5 cm³/mol. The zero-order valence-corrected chi connectivity index (χ0v) is 9.17. The van der Waals surface area contributed by atoms with E-state index in [2.05, 4.69) is 18.4 Å². The number of rotatable bonds is 7. The van der Waals surface area contributed by atoms with Crippen LogP contribution in [-0.2, 0) is 9.09 Å². The quantitative estimate of drug-likeness (QED) is 0.399. The van der Waals surface area contributed by atoms with Crippen molar-refractivity contribution in [2.45, 2.75) is 39.5 Å². The molecule has 0 radical (unpaired) electrons. The van der Waals surface area contributed by atoms with Crippen molar-refractivity contribution in [2.24, 2.45) is 5.92 Å². The molecular formula is C8H20NaO4P. The first-order valence-electron chi connectivity index (χ1n) is 4.62. The summed E-state index contributed by atoms with van der Waals surface area (Å²) in [5.74, 6) is 0.697. The van der Waals surface area contributed by atoms with E-state index in [1.165, 1.54) is 0 Å². The topological polar surface area (TPSA) is 66.8 Å². The van der Waals surface area contributed by atoms with Gasteiger partial charge in [0.15, 0.2) is 0 Å². The molecule has 0 aromatic heterocycles. The Hall–Kier alpha value is 1.11. The predicted octanol–water partition coefficient (Wildman–Crippen LogP) is 1.66. The van der Waals surface area contributed by atoms with Gasteiger partial charge in [-0.25, -0.2) is 4.57 Å². The van der Waals surface area contributed by atoms with E-state index in [1.54, 1.807) is 0 Å². The second-order valence-corrected chi connectivity index (χ2v) is 4.81. The third-order valence-electron chi connectivity index (χ3n) is 1.69. The molecule has 6 heteroatoms. The van der Waals surface area contributed by atoms with Gasteiger partial charge in [-0.2, -0.15) is 0 Å². The van der Waals surface area contributed by atoms with Crippen LogP contribution in [0.25, 0.3) is 0 Å². The van der Waals surface area contributed by atoms with Crippen LogP contribution >= 0.6 is 7.82 Å². The third-order valence-corrected chi connectivity index (χ3v) is 2.20. The Morgan fingerprint density at radius 1 is 1.21 bits per heavy atom. The molecule has 0 spiro atoms. The summed E-state index contributed by atoms with van der Waals surface area (Å²) in [6.45, 7) is 4.47. The maximum absolute atomic E-state index is 10.2. The Labute approximate surface area is 108 Å². The van der Waals surface area contributed by atoms with Crippen molar-refractivity contribution in [3.8, 4) is 0 Å². The molecule has 0 atom stereocenters. The van der Waals surface area contributed by atoms with Crippen molar-refractivity contribution in [1.29, 1.82) is 0 Å². The molecule has 0 aromatic rings. The van der Waals surface area contributed by atoms with E-state index in [0.717, 1.165) is 25.7 Å². The van der Waals surface area contributed by atoms with Crippen molar-refractivity contribution in [1.82, 2.24) is 0 Å². The summed E-state index contributed by atoms with van der Waals surface area (Å²) in [6.07, 6.45) is 3.95. The van der Waals surface area contributed by atoms with E-state index < -0.39 is 7.82 Å². The van der Waals surface area contributed by atoms with E-state index in [-0.39, 0.29) is 36.2 Å². The number of hydrogen-bond donors (Lipinski definition) is 2. The molecule has 0 aliphatic heterocycles. The zero-order chi connectivity index (χ0) is 10.3. The summed E-state index contributed by atoms with van der Waals surface area (Å²) >= 11 is 0. The molecule has 0 fully saturated rings. The Kier molecular flexibility index (Phi) is 11.7. The molecule has 0 saturated carbocycles. The molecule has 2 N–H and O–H groups in total. The third kappa shape index (κ3) is 15.6. The molecule has 0 aliphatic carbocycles. The maximum atomic E-state index is 10.2. The number of phosphoric acid groups is 1. The van der Waals surface area contributed by atoms with Crippen LogP contribution < -0.4 is 0 Å². The molecule has 0 saturated heterocycles. The second kappa shape index (κ2) is 9.34. The average molecular weight is 234 g/mol. The van der Waals surface area contributed by atoms with Gasteiger partial charge in [-0.15, -0.1) is 0 Å². The first-order valence-corrected chi connectivity index (χ1v) is 6.15. The second-order valence-electron chi connectivity index (χ2n) is 3.57. The van der Waals surface area contributed by atoms with Crippen LogP contribution in [0.5, 0.6) is 0 Å². The first kappa shape index (κ1) is 17.5. The minimum atomic E-state index is -4.23. The molecular weight excluding hydrogens is 214 g/mol.